The lowest BCUT2D eigenvalue weighted by Crippen LogP contribution is -2.02. The van der Waals surface area contributed by atoms with Gasteiger partial charge in [-0.25, -0.2) is 15.0 Å². The summed E-state index contributed by atoms with van der Waals surface area (Å²) >= 11 is 0. The molecule has 0 radical (unpaired) electrons. The first kappa shape index (κ1) is 13.0. The molecule has 0 aliphatic carbocycles. The van der Waals surface area contributed by atoms with Crippen molar-refractivity contribution in [3.8, 4) is 5.75 Å². The first-order valence-corrected chi connectivity index (χ1v) is 6.32. The summed E-state index contributed by atoms with van der Waals surface area (Å²) in [6.07, 6.45) is 3.09. The molecule has 2 heterocycles. The molecule has 0 amide bonds. The number of nitrogens with zero attached hydrogens (tertiary/aromatic N) is 4. The van der Waals surface area contributed by atoms with E-state index in [2.05, 4.69) is 15.0 Å². The number of carbonyl (C=O) groups is 1. The van der Waals surface area contributed by atoms with Crippen LogP contribution in [0.1, 0.15) is 12.5 Å². The number of carbonyl (C=O) groups excluding carboxylic acids is 1. The molecule has 2 aromatic heterocycles. The lowest BCUT2D eigenvalue weighted by molar-refractivity contribution is -0.131. The fourth-order valence-electron chi connectivity index (χ4n) is 2.04. The van der Waals surface area contributed by atoms with E-state index in [-0.39, 0.29) is 5.97 Å². The largest absolute Gasteiger partial charge is 0.427 e. The molecule has 0 spiro atoms. The van der Waals surface area contributed by atoms with Crippen LogP contribution in [0.15, 0.2) is 36.9 Å². The number of imidazole rings is 1. The van der Waals surface area contributed by atoms with Crippen molar-refractivity contribution in [3.05, 3.63) is 42.5 Å². The Morgan fingerprint density at radius 3 is 2.71 bits per heavy atom. The van der Waals surface area contributed by atoms with Crippen molar-refractivity contribution < 1.29 is 9.53 Å². The van der Waals surface area contributed by atoms with E-state index in [0.29, 0.717) is 29.3 Å². The number of ether oxygens (including phenoxy) is 1. The number of aromatic nitrogens is 4. The maximum absolute atomic E-state index is 10.9. The van der Waals surface area contributed by atoms with Gasteiger partial charge in [0.2, 0.25) is 0 Å². The molecule has 7 heteroatoms. The van der Waals surface area contributed by atoms with Crippen LogP contribution in [-0.2, 0) is 11.3 Å². The van der Waals surface area contributed by atoms with Crippen molar-refractivity contribution in [2.24, 2.45) is 0 Å². The van der Waals surface area contributed by atoms with Gasteiger partial charge in [-0.05, 0) is 17.7 Å². The molecular weight excluding hydrogens is 270 g/mol. The molecule has 0 aliphatic heterocycles. The highest BCUT2D eigenvalue weighted by Crippen LogP contribution is 2.17. The number of rotatable bonds is 3. The van der Waals surface area contributed by atoms with Crippen LogP contribution in [0.2, 0.25) is 0 Å². The molecule has 1 aromatic carbocycles. The van der Waals surface area contributed by atoms with Crippen molar-refractivity contribution in [3.63, 3.8) is 0 Å². The van der Waals surface area contributed by atoms with Crippen LogP contribution >= 0.6 is 0 Å². The highest BCUT2D eigenvalue weighted by Gasteiger charge is 2.08. The van der Waals surface area contributed by atoms with E-state index >= 15 is 0 Å². The summed E-state index contributed by atoms with van der Waals surface area (Å²) in [6.45, 7) is 1.96. The summed E-state index contributed by atoms with van der Waals surface area (Å²) in [5.74, 6) is 0.549. The Hall–Kier alpha value is -2.96. The van der Waals surface area contributed by atoms with E-state index in [1.165, 1.54) is 13.3 Å². The molecule has 21 heavy (non-hydrogen) atoms. The number of anilines is 1. The van der Waals surface area contributed by atoms with Crippen molar-refractivity contribution >= 4 is 23.0 Å². The van der Waals surface area contributed by atoms with E-state index in [4.69, 9.17) is 10.5 Å². The topological polar surface area (TPSA) is 95.9 Å². The van der Waals surface area contributed by atoms with Crippen LogP contribution in [0, 0.1) is 0 Å². The SMILES string of the molecule is CC(=O)Oc1ccc(Cn2cnc3c(N)ncnc32)cc1. The van der Waals surface area contributed by atoms with E-state index in [0.717, 1.165) is 5.56 Å². The molecule has 0 saturated heterocycles. The monoisotopic (exact) mass is 283 g/mol. The third-order valence-corrected chi connectivity index (χ3v) is 2.97. The van der Waals surface area contributed by atoms with Crippen LogP contribution in [-0.4, -0.2) is 25.5 Å². The molecule has 7 nitrogen and oxygen atoms in total. The molecule has 106 valence electrons. The fourth-order valence-corrected chi connectivity index (χ4v) is 2.04. The zero-order valence-electron chi connectivity index (χ0n) is 11.4. The zero-order chi connectivity index (χ0) is 14.8. The highest BCUT2D eigenvalue weighted by atomic mass is 16.5. The number of esters is 1. The van der Waals surface area contributed by atoms with Crippen LogP contribution in [0.5, 0.6) is 5.75 Å². The molecule has 0 atom stereocenters. The second-order valence-electron chi connectivity index (χ2n) is 4.54. The maximum atomic E-state index is 10.9. The van der Waals surface area contributed by atoms with Crippen LogP contribution < -0.4 is 10.5 Å². The Kier molecular flexibility index (Phi) is 3.23. The summed E-state index contributed by atoms with van der Waals surface area (Å²) in [5.41, 5.74) is 8.06. The normalized spacial score (nSPS) is 10.7. The Morgan fingerprint density at radius 2 is 2.00 bits per heavy atom. The highest BCUT2D eigenvalue weighted by molar-refractivity contribution is 5.81. The van der Waals surface area contributed by atoms with Gasteiger partial charge in [0.05, 0.1) is 12.9 Å². The minimum Gasteiger partial charge on any atom is -0.427 e. The molecule has 3 rings (SSSR count). The van der Waals surface area contributed by atoms with Crippen LogP contribution in [0.3, 0.4) is 0 Å². The molecule has 3 aromatic rings. The summed E-state index contributed by atoms with van der Waals surface area (Å²) in [6, 6.07) is 7.27. The van der Waals surface area contributed by atoms with Gasteiger partial charge in [-0.15, -0.1) is 0 Å². The molecule has 0 aliphatic rings. The van der Waals surface area contributed by atoms with Gasteiger partial charge in [-0.1, -0.05) is 12.1 Å². The van der Waals surface area contributed by atoms with Gasteiger partial charge in [0.1, 0.15) is 17.6 Å². The van der Waals surface area contributed by atoms with Crippen LogP contribution in [0.4, 0.5) is 5.82 Å². The Balaban J connectivity index is 1.85. The average Bonchev–Trinajstić information content (AvgIpc) is 2.85. The average molecular weight is 283 g/mol. The number of nitrogens with two attached hydrogens (primary N) is 1. The molecule has 2 N–H and O–H groups in total. The van der Waals surface area contributed by atoms with Gasteiger partial charge in [0, 0.05) is 6.92 Å². The van der Waals surface area contributed by atoms with Gasteiger partial charge in [0.25, 0.3) is 0 Å². The lowest BCUT2D eigenvalue weighted by atomic mass is 10.2. The van der Waals surface area contributed by atoms with Gasteiger partial charge >= 0.3 is 5.97 Å². The number of hydrogen-bond donors (Lipinski definition) is 1. The maximum Gasteiger partial charge on any atom is 0.308 e. The van der Waals surface area contributed by atoms with Crippen molar-refractivity contribution in [2.75, 3.05) is 5.73 Å². The molecule has 0 fully saturated rings. The Morgan fingerprint density at radius 1 is 1.24 bits per heavy atom. The molecule has 0 saturated carbocycles. The predicted molar refractivity (Wildman–Crippen MR) is 76.6 cm³/mol. The van der Waals surface area contributed by atoms with E-state index in [1.54, 1.807) is 18.5 Å². The predicted octanol–water partition coefficient (Wildman–Crippen LogP) is 1.38. The molecular formula is C14H13N5O2. The first-order valence-electron chi connectivity index (χ1n) is 6.32. The summed E-state index contributed by atoms with van der Waals surface area (Å²) in [7, 11) is 0. The fraction of sp³-hybridized carbons (Fsp3) is 0.143. The molecule has 0 bridgehead atoms. The van der Waals surface area contributed by atoms with Gasteiger partial charge < -0.3 is 15.0 Å². The van der Waals surface area contributed by atoms with Gasteiger partial charge in [-0.2, -0.15) is 0 Å². The second kappa shape index (κ2) is 5.20. The third kappa shape index (κ3) is 2.66. The van der Waals surface area contributed by atoms with E-state index in [9.17, 15) is 4.79 Å². The minimum absolute atomic E-state index is 0.337. The van der Waals surface area contributed by atoms with Crippen LogP contribution in [0.25, 0.3) is 11.2 Å². The Labute approximate surface area is 120 Å². The third-order valence-electron chi connectivity index (χ3n) is 2.97. The minimum atomic E-state index is -0.337. The lowest BCUT2D eigenvalue weighted by Gasteiger charge is -2.05. The first-order chi connectivity index (χ1) is 10.1. The number of nitrogen functional groups attached to an aromatic ring is 1. The zero-order valence-corrected chi connectivity index (χ0v) is 11.4. The van der Waals surface area contributed by atoms with E-state index < -0.39 is 0 Å². The quantitative estimate of drug-likeness (QED) is 0.576. The van der Waals surface area contributed by atoms with Gasteiger partial charge in [0.15, 0.2) is 11.5 Å². The van der Waals surface area contributed by atoms with E-state index in [1.807, 2.05) is 16.7 Å². The Bertz CT molecular complexity index is 795. The molecule has 0 unspecified atom stereocenters. The van der Waals surface area contributed by atoms with Gasteiger partial charge in [-0.3, -0.25) is 4.79 Å². The smallest absolute Gasteiger partial charge is 0.308 e. The number of hydrogen-bond acceptors (Lipinski definition) is 6. The van der Waals surface area contributed by atoms with Crippen molar-refractivity contribution in [1.29, 1.82) is 0 Å². The van der Waals surface area contributed by atoms with Crippen molar-refractivity contribution in [1.82, 2.24) is 19.5 Å². The standard InChI is InChI=1S/C14H13N5O2/c1-9(20)21-11-4-2-10(3-5-11)6-19-8-18-12-13(15)16-7-17-14(12)19/h2-5,7-8H,6H2,1H3,(H2,15,16,17). The summed E-state index contributed by atoms with van der Waals surface area (Å²) < 4.78 is 6.88. The summed E-state index contributed by atoms with van der Waals surface area (Å²) in [5, 5.41) is 0. The summed E-state index contributed by atoms with van der Waals surface area (Å²) in [4.78, 5) is 23.2. The van der Waals surface area contributed by atoms with Crippen molar-refractivity contribution in [2.45, 2.75) is 13.5 Å². The second-order valence-corrected chi connectivity index (χ2v) is 4.54. The number of fused-ring (bicyclic) bond motifs is 1. The number of benzene rings is 1.